The van der Waals surface area contributed by atoms with Gasteiger partial charge in [0.15, 0.2) is 0 Å². The van der Waals surface area contributed by atoms with Crippen LogP contribution in [0.5, 0.6) is 0 Å². The fourth-order valence-corrected chi connectivity index (χ4v) is 9.44. The number of rotatable bonds is 11. The Morgan fingerprint density at radius 1 is 1.11 bits per heavy atom. The molecule has 3 saturated carbocycles. The third-order valence-electron chi connectivity index (χ3n) is 11.9. The van der Waals surface area contributed by atoms with Crippen LogP contribution in [0.4, 0.5) is 0 Å². The molecule has 212 valence electrons. The molecule has 3 fully saturated rings. The summed E-state index contributed by atoms with van der Waals surface area (Å²) < 4.78 is 6.14. The molecule has 0 radical (unpaired) electrons. The van der Waals surface area contributed by atoms with E-state index in [1.807, 2.05) is 0 Å². The molecule has 0 aromatic carbocycles. The first-order chi connectivity index (χ1) is 17.6. The second kappa shape index (κ2) is 12.1. The van der Waals surface area contributed by atoms with Crippen LogP contribution in [0.25, 0.3) is 0 Å². The zero-order chi connectivity index (χ0) is 26.8. The molecule has 9 atom stereocenters. The van der Waals surface area contributed by atoms with Gasteiger partial charge in [0.1, 0.15) is 6.61 Å². The Balaban J connectivity index is 1.35. The highest BCUT2D eigenvalue weighted by Gasteiger charge is 2.59. The van der Waals surface area contributed by atoms with Crippen LogP contribution >= 0.6 is 0 Å². The second-order valence-electron chi connectivity index (χ2n) is 14.5. The smallest absolute Gasteiger partial charge is 0.245 e. The summed E-state index contributed by atoms with van der Waals surface area (Å²) in [5.41, 5.74) is 2.54. The monoisotopic (exact) mass is 512 g/mol. The van der Waals surface area contributed by atoms with Crippen LogP contribution in [0.1, 0.15) is 119 Å². The SMILES string of the molecule is [CH2-]C(CC)CNC(=O)COC1CCC2(C)C(=CCC3C2CCC2(C)C(C(C)CCCC(C)C)CCC32)C1. The van der Waals surface area contributed by atoms with Gasteiger partial charge in [0.25, 0.3) is 0 Å². The highest BCUT2D eigenvalue weighted by molar-refractivity contribution is 5.77. The Labute approximate surface area is 229 Å². The summed E-state index contributed by atoms with van der Waals surface area (Å²) in [6, 6.07) is 0. The molecule has 1 amide bonds. The molecular formula is C34H58NO2-. The highest BCUT2D eigenvalue weighted by Crippen LogP contribution is 2.67. The number of amides is 1. The molecule has 3 nitrogen and oxygen atoms in total. The van der Waals surface area contributed by atoms with Crippen LogP contribution in [0.2, 0.25) is 0 Å². The molecule has 0 aromatic rings. The first kappa shape index (κ1) is 29.2. The van der Waals surface area contributed by atoms with Crippen LogP contribution in [-0.4, -0.2) is 25.2 Å². The van der Waals surface area contributed by atoms with Crippen LogP contribution in [0, 0.1) is 59.2 Å². The summed E-state index contributed by atoms with van der Waals surface area (Å²) in [6.07, 6.45) is 18.4. The van der Waals surface area contributed by atoms with Crippen molar-refractivity contribution in [2.45, 2.75) is 125 Å². The lowest BCUT2D eigenvalue weighted by Crippen LogP contribution is -2.51. The van der Waals surface area contributed by atoms with Gasteiger partial charge in [-0.1, -0.05) is 78.9 Å². The lowest BCUT2D eigenvalue weighted by molar-refractivity contribution is -0.129. The zero-order valence-electron chi connectivity index (χ0n) is 25.1. The van der Waals surface area contributed by atoms with Crippen LogP contribution in [0.3, 0.4) is 0 Å². The maximum absolute atomic E-state index is 12.3. The summed E-state index contributed by atoms with van der Waals surface area (Å²) in [4.78, 5) is 12.3. The van der Waals surface area contributed by atoms with Gasteiger partial charge in [-0.2, -0.15) is 5.92 Å². The van der Waals surface area contributed by atoms with Crippen molar-refractivity contribution >= 4 is 5.91 Å². The lowest BCUT2D eigenvalue weighted by atomic mass is 9.47. The third kappa shape index (κ3) is 6.17. The molecule has 37 heavy (non-hydrogen) atoms. The van der Waals surface area contributed by atoms with Crippen LogP contribution in [-0.2, 0) is 9.53 Å². The maximum Gasteiger partial charge on any atom is 0.245 e. The number of carbonyl (C=O) groups excluding carboxylic acids is 1. The van der Waals surface area contributed by atoms with E-state index in [4.69, 9.17) is 4.74 Å². The van der Waals surface area contributed by atoms with Crippen LogP contribution < -0.4 is 5.32 Å². The summed E-state index contributed by atoms with van der Waals surface area (Å²) >= 11 is 0. The molecule has 0 saturated heterocycles. The minimum absolute atomic E-state index is 0.00825. The molecule has 4 aliphatic carbocycles. The van der Waals surface area contributed by atoms with Gasteiger partial charge < -0.3 is 17.0 Å². The number of allylic oxidation sites excluding steroid dienone is 1. The Kier molecular flexibility index (Phi) is 9.56. The molecule has 0 aromatic heterocycles. The largest absolute Gasteiger partial charge is 0.368 e. The fourth-order valence-electron chi connectivity index (χ4n) is 9.44. The second-order valence-corrected chi connectivity index (χ2v) is 14.5. The van der Waals surface area contributed by atoms with E-state index < -0.39 is 0 Å². The van der Waals surface area contributed by atoms with Gasteiger partial charge >= 0.3 is 0 Å². The van der Waals surface area contributed by atoms with Crippen LogP contribution in [0.15, 0.2) is 11.6 Å². The predicted molar refractivity (Wildman–Crippen MR) is 155 cm³/mol. The van der Waals surface area contributed by atoms with Crippen molar-refractivity contribution in [3.8, 4) is 0 Å². The fraction of sp³-hybridized carbons (Fsp3) is 0.882. The number of fused-ring (bicyclic) bond motifs is 5. The first-order valence-corrected chi connectivity index (χ1v) is 16.0. The molecule has 0 spiro atoms. The molecule has 0 heterocycles. The number of carbonyl (C=O) groups is 1. The summed E-state index contributed by atoms with van der Waals surface area (Å²) in [7, 11) is 0. The summed E-state index contributed by atoms with van der Waals surface area (Å²) in [5, 5.41) is 2.99. The van der Waals surface area contributed by atoms with E-state index in [0.717, 1.165) is 54.8 Å². The van der Waals surface area contributed by atoms with E-state index in [1.165, 1.54) is 57.8 Å². The van der Waals surface area contributed by atoms with E-state index in [1.54, 1.807) is 5.57 Å². The van der Waals surface area contributed by atoms with Gasteiger partial charge in [0.05, 0.1) is 6.10 Å². The molecule has 0 aliphatic heterocycles. The minimum atomic E-state index is 0.00825. The van der Waals surface area contributed by atoms with Crippen molar-refractivity contribution in [3.05, 3.63) is 18.6 Å². The summed E-state index contributed by atoms with van der Waals surface area (Å²) in [6.45, 7) is 19.6. The van der Waals surface area contributed by atoms with Crippen molar-refractivity contribution < 1.29 is 9.53 Å². The third-order valence-corrected chi connectivity index (χ3v) is 11.9. The predicted octanol–water partition coefficient (Wildman–Crippen LogP) is 8.39. The molecular weight excluding hydrogens is 454 g/mol. The Bertz CT molecular complexity index is 804. The lowest BCUT2D eigenvalue weighted by Gasteiger charge is -2.58. The highest BCUT2D eigenvalue weighted by atomic mass is 16.5. The van der Waals surface area contributed by atoms with E-state index >= 15 is 0 Å². The molecule has 3 heteroatoms. The van der Waals surface area contributed by atoms with E-state index in [9.17, 15) is 4.79 Å². The summed E-state index contributed by atoms with van der Waals surface area (Å²) in [5.74, 6) is 5.55. The Morgan fingerprint density at radius 2 is 1.89 bits per heavy atom. The van der Waals surface area contributed by atoms with E-state index in [-0.39, 0.29) is 24.5 Å². The van der Waals surface area contributed by atoms with E-state index in [2.05, 4.69) is 59.9 Å². The molecule has 4 aliphatic rings. The number of hydrogen-bond acceptors (Lipinski definition) is 2. The molecule has 4 rings (SSSR count). The van der Waals surface area contributed by atoms with Crippen molar-refractivity contribution in [3.63, 3.8) is 0 Å². The Hall–Kier alpha value is -0.830. The molecule has 9 unspecified atom stereocenters. The normalized spacial score (nSPS) is 38.8. The first-order valence-electron chi connectivity index (χ1n) is 16.0. The van der Waals surface area contributed by atoms with Gasteiger partial charge in [0.2, 0.25) is 5.91 Å². The van der Waals surface area contributed by atoms with Gasteiger partial charge in [-0.25, -0.2) is 0 Å². The van der Waals surface area contributed by atoms with Gasteiger partial charge in [-0.15, -0.1) is 0 Å². The van der Waals surface area contributed by atoms with Gasteiger partial charge in [-0.05, 0) is 104 Å². The van der Waals surface area contributed by atoms with Crippen molar-refractivity contribution in [2.24, 2.45) is 52.3 Å². The topological polar surface area (TPSA) is 38.3 Å². The standard InChI is InChI=1S/C34H58NO2/c1-8-24(4)21-35-32(36)22-37-27-16-18-33(6)26(20-27)12-13-28-30-15-14-29(25(5)11-9-10-23(2)3)34(30,7)19-17-31(28)33/h12,23-25,27-31H,4,8-11,13-22H2,1-3,5-7H3,(H,35,36)/q-1. The molecule has 0 bridgehead atoms. The molecule has 1 N–H and O–H groups in total. The Morgan fingerprint density at radius 3 is 2.62 bits per heavy atom. The average Bonchev–Trinajstić information content (AvgIpc) is 3.22. The van der Waals surface area contributed by atoms with E-state index in [0.29, 0.717) is 17.4 Å². The van der Waals surface area contributed by atoms with Gasteiger partial charge in [0, 0.05) is 0 Å². The number of ether oxygens (including phenoxy) is 1. The van der Waals surface area contributed by atoms with Crippen molar-refractivity contribution in [1.82, 2.24) is 5.32 Å². The zero-order valence-corrected chi connectivity index (χ0v) is 25.1. The quantitative estimate of drug-likeness (QED) is 0.223. The minimum Gasteiger partial charge on any atom is -0.368 e. The van der Waals surface area contributed by atoms with Crippen molar-refractivity contribution in [2.75, 3.05) is 13.2 Å². The number of hydrogen-bond donors (Lipinski definition) is 1. The number of nitrogens with one attached hydrogen (secondary N) is 1. The van der Waals surface area contributed by atoms with Gasteiger partial charge in [-0.3, -0.25) is 4.79 Å². The van der Waals surface area contributed by atoms with Crippen molar-refractivity contribution in [1.29, 1.82) is 0 Å². The average molecular weight is 513 g/mol. The maximum atomic E-state index is 12.3.